The van der Waals surface area contributed by atoms with Crippen molar-refractivity contribution in [3.05, 3.63) is 36.1 Å². The van der Waals surface area contributed by atoms with Gasteiger partial charge in [-0.15, -0.1) is 0 Å². The number of hydrogen-bond donors (Lipinski definition) is 4. The van der Waals surface area contributed by atoms with Crippen molar-refractivity contribution in [3.63, 3.8) is 0 Å². The van der Waals surface area contributed by atoms with E-state index in [0.717, 1.165) is 5.69 Å². The van der Waals surface area contributed by atoms with E-state index >= 15 is 0 Å². The largest absolute Gasteiger partial charge is 0.512 e. The first-order valence-electron chi connectivity index (χ1n) is 5.65. The highest BCUT2D eigenvalue weighted by molar-refractivity contribution is 5.92. The first-order chi connectivity index (χ1) is 8.29. The lowest BCUT2D eigenvalue weighted by Crippen LogP contribution is -2.16. The van der Waals surface area contributed by atoms with Crippen LogP contribution in [0.3, 0.4) is 0 Å². The molecule has 0 bridgehead atoms. The van der Waals surface area contributed by atoms with E-state index in [0.29, 0.717) is 5.69 Å². The number of hydrazone groups is 1. The zero-order chi connectivity index (χ0) is 13.8. The number of rotatable bonds is 3. The molecule has 1 aromatic carbocycles. The van der Waals surface area contributed by atoms with E-state index < -0.39 is 0 Å². The molecule has 6 N–H and O–H groups in total. The normalized spacial score (nSPS) is 13.5. The molecule has 0 saturated heterocycles. The van der Waals surface area contributed by atoms with Gasteiger partial charge in [0.05, 0.1) is 5.69 Å². The zero-order valence-electron chi connectivity index (χ0n) is 10.9. The lowest BCUT2D eigenvalue weighted by Gasteiger charge is -2.16. The Bertz CT molecular complexity index is 455. The molecule has 0 radical (unpaired) electrons. The summed E-state index contributed by atoms with van der Waals surface area (Å²) in [5, 5.41) is 13.7. The van der Waals surface area contributed by atoms with E-state index in [-0.39, 0.29) is 17.0 Å². The highest BCUT2D eigenvalue weighted by Gasteiger charge is 2.15. The molecule has 5 heteroatoms. The minimum Gasteiger partial charge on any atom is -0.512 e. The minimum absolute atomic E-state index is 0.183. The molecule has 0 atom stereocenters. The van der Waals surface area contributed by atoms with Crippen LogP contribution in [-0.2, 0) is 0 Å². The number of nitrogen functional groups attached to an aromatic ring is 1. The van der Waals surface area contributed by atoms with Crippen LogP contribution in [0.4, 0.5) is 11.4 Å². The Morgan fingerprint density at radius 1 is 1.28 bits per heavy atom. The highest BCUT2D eigenvalue weighted by atomic mass is 16.3. The van der Waals surface area contributed by atoms with Crippen molar-refractivity contribution in [1.82, 2.24) is 0 Å². The predicted molar refractivity (Wildman–Crippen MR) is 76.3 cm³/mol. The lowest BCUT2D eigenvalue weighted by atomic mass is 9.93. The van der Waals surface area contributed by atoms with Crippen LogP contribution in [0, 0.1) is 5.41 Å². The van der Waals surface area contributed by atoms with Gasteiger partial charge < -0.3 is 16.6 Å². The maximum absolute atomic E-state index is 9.75. The molecular weight excluding hydrogens is 228 g/mol. The summed E-state index contributed by atoms with van der Waals surface area (Å²) in [5.41, 5.74) is 15.1. The van der Waals surface area contributed by atoms with Gasteiger partial charge in [-0.25, -0.2) is 0 Å². The predicted octanol–water partition coefficient (Wildman–Crippen LogP) is 2.44. The van der Waals surface area contributed by atoms with Crippen LogP contribution in [-0.4, -0.2) is 10.9 Å². The second-order valence-corrected chi connectivity index (χ2v) is 5.05. The second-order valence-electron chi connectivity index (χ2n) is 5.05. The van der Waals surface area contributed by atoms with Crippen molar-refractivity contribution in [2.45, 2.75) is 20.8 Å². The molecule has 0 aromatic heterocycles. The smallest absolute Gasteiger partial charge is 0.147 e. The summed E-state index contributed by atoms with van der Waals surface area (Å²) in [6.07, 6.45) is 1.43. The van der Waals surface area contributed by atoms with Crippen LogP contribution >= 0.6 is 0 Å². The van der Waals surface area contributed by atoms with Crippen molar-refractivity contribution >= 4 is 17.2 Å². The highest BCUT2D eigenvalue weighted by Crippen LogP contribution is 2.21. The topological polar surface area (TPSA) is 96.7 Å². The number of amidine groups is 1. The monoisotopic (exact) mass is 248 g/mol. The first-order valence-corrected chi connectivity index (χ1v) is 5.65. The van der Waals surface area contributed by atoms with Crippen LogP contribution in [0.2, 0.25) is 0 Å². The van der Waals surface area contributed by atoms with Gasteiger partial charge in [-0.2, -0.15) is 5.10 Å². The molecule has 0 saturated carbocycles. The summed E-state index contributed by atoms with van der Waals surface area (Å²) in [5.74, 6) is 0.391. The Labute approximate surface area is 107 Å². The number of benzene rings is 1. The quantitative estimate of drug-likeness (QED) is 0.217. The van der Waals surface area contributed by atoms with Gasteiger partial charge >= 0.3 is 0 Å². The summed E-state index contributed by atoms with van der Waals surface area (Å²) in [4.78, 5) is 0. The van der Waals surface area contributed by atoms with E-state index in [4.69, 9.17) is 11.5 Å². The summed E-state index contributed by atoms with van der Waals surface area (Å²) < 4.78 is 0. The molecule has 98 valence electrons. The van der Waals surface area contributed by atoms with E-state index in [1.54, 1.807) is 24.3 Å². The Morgan fingerprint density at radius 3 is 2.33 bits per heavy atom. The number of anilines is 2. The third-order valence-electron chi connectivity index (χ3n) is 2.28. The summed E-state index contributed by atoms with van der Waals surface area (Å²) >= 11 is 0. The van der Waals surface area contributed by atoms with Crippen LogP contribution in [0.1, 0.15) is 20.8 Å². The van der Waals surface area contributed by atoms with Gasteiger partial charge in [0.2, 0.25) is 0 Å². The molecule has 0 amide bonds. The maximum Gasteiger partial charge on any atom is 0.147 e. The van der Waals surface area contributed by atoms with Gasteiger partial charge in [-0.1, -0.05) is 20.8 Å². The number of nitrogens with zero attached hydrogens (tertiary/aromatic N) is 1. The van der Waals surface area contributed by atoms with Gasteiger partial charge in [-0.3, -0.25) is 5.43 Å². The number of allylic oxidation sites excluding steroid dienone is 1. The number of nitrogens with two attached hydrogens (primary N) is 2. The summed E-state index contributed by atoms with van der Waals surface area (Å²) in [7, 11) is 0. The lowest BCUT2D eigenvalue weighted by molar-refractivity contribution is 0.278. The van der Waals surface area contributed by atoms with Crippen molar-refractivity contribution in [1.29, 1.82) is 0 Å². The number of nitrogens with one attached hydrogen (secondary N) is 1. The average Bonchev–Trinajstić information content (AvgIpc) is 2.27. The van der Waals surface area contributed by atoms with Crippen molar-refractivity contribution in [2.24, 2.45) is 16.3 Å². The van der Waals surface area contributed by atoms with E-state index in [9.17, 15) is 5.11 Å². The number of aliphatic hydroxyl groups is 1. The fourth-order valence-electron chi connectivity index (χ4n) is 1.08. The second kappa shape index (κ2) is 5.44. The third kappa shape index (κ3) is 4.37. The molecule has 0 spiro atoms. The molecule has 5 nitrogen and oxygen atoms in total. The third-order valence-corrected chi connectivity index (χ3v) is 2.28. The molecule has 0 heterocycles. The Kier molecular flexibility index (Phi) is 4.20. The van der Waals surface area contributed by atoms with E-state index in [1.807, 2.05) is 20.8 Å². The van der Waals surface area contributed by atoms with Crippen LogP contribution in [0.15, 0.2) is 41.2 Å². The Balaban J connectivity index is 2.71. The van der Waals surface area contributed by atoms with E-state index in [1.165, 1.54) is 6.08 Å². The van der Waals surface area contributed by atoms with Gasteiger partial charge in [0.15, 0.2) is 0 Å². The maximum atomic E-state index is 9.75. The van der Waals surface area contributed by atoms with E-state index in [2.05, 4.69) is 10.5 Å². The Morgan fingerprint density at radius 2 is 1.83 bits per heavy atom. The molecule has 0 aliphatic carbocycles. The molecular formula is C13H20N4O. The summed E-state index contributed by atoms with van der Waals surface area (Å²) in [6.45, 7) is 5.67. The van der Waals surface area contributed by atoms with Crippen LogP contribution in [0.5, 0.6) is 0 Å². The van der Waals surface area contributed by atoms with Crippen LogP contribution < -0.4 is 16.9 Å². The Hall–Kier alpha value is -2.17. The fourth-order valence-corrected chi connectivity index (χ4v) is 1.08. The van der Waals surface area contributed by atoms with Crippen LogP contribution in [0.25, 0.3) is 0 Å². The molecule has 0 unspecified atom stereocenters. The zero-order valence-corrected chi connectivity index (χ0v) is 10.9. The molecule has 1 aromatic rings. The molecule has 0 aliphatic heterocycles. The first kappa shape index (κ1) is 13.9. The molecule has 18 heavy (non-hydrogen) atoms. The van der Waals surface area contributed by atoms with Gasteiger partial charge in [0.1, 0.15) is 11.6 Å². The van der Waals surface area contributed by atoms with Gasteiger partial charge in [0, 0.05) is 17.2 Å². The average molecular weight is 248 g/mol. The fraction of sp³-hybridized carbons (Fsp3) is 0.308. The minimum atomic E-state index is -0.346. The van der Waals surface area contributed by atoms with Crippen molar-refractivity contribution < 1.29 is 5.11 Å². The SMILES string of the molecule is CC(C)(C)/C(O)=C/C(N)=N\Nc1ccc(N)cc1. The number of aliphatic hydroxyl groups excluding tert-OH is 1. The van der Waals surface area contributed by atoms with Gasteiger partial charge in [-0.05, 0) is 24.3 Å². The molecule has 0 fully saturated rings. The standard InChI is InChI=1S/C13H20N4O/c1-13(2,3)11(18)8-12(15)17-16-10-6-4-9(14)5-7-10/h4-8,16,18H,14H2,1-3H3,(H2,15,17)/b11-8-. The van der Waals surface area contributed by atoms with Crippen molar-refractivity contribution in [3.8, 4) is 0 Å². The van der Waals surface area contributed by atoms with Gasteiger partial charge in [0.25, 0.3) is 0 Å². The molecule has 1 rings (SSSR count). The summed E-state index contributed by atoms with van der Waals surface area (Å²) in [6, 6.07) is 7.10. The number of hydrogen-bond acceptors (Lipinski definition) is 4. The van der Waals surface area contributed by atoms with Crippen molar-refractivity contribution in [2.75, 3.05) is 11.2 Å². The molecule has 0 aliphatic rings.